The van der Waals surface area contributed by atoms with Gasteiger partial charge in [-0.25, -0.2) is 4.98 Å². The largest absolute Gasteiger partial charge is 0.416 e. The molecule has 0 fully saturated rings. The van der Waals surface area contributed by atoms with Crippen LogP contribution in [0.15, 0.2) is 61.1 Å². The number of hydrogen-bond donors (Lipinski definition) is 0. The van der Waals surface area contributed by atoms with E-state index in [0.717, 1.165) is 12.1 Å². The topological polar surface area (TPSA) is 61.0 Å². The highest BCUT2D eigenvalue weighted by Crippen LogP contribution is 2.30. The molecule has 0 radical (unpaired) electrons. The zero-order valence-electron chi connectivity index (χ0n) is 12.1. The summed E-state index contributed by atoms with van der Waals surface area (Å²) in [5, 5.41) is 10.6. The molecule has 1 heterocycles. The van der Waals surface area contributed by atoms with Crippen molar-refractivity contribution in [1.29, 1.82) is 0 Å². The fourth-order valence-corrected chi connectivity index (χ4v) is 2.21. The molecule has 3 rings (SSSR count). The van der Waals surface area contributed by atoms with Crippen LogP contribution in [0.25, 0.3) is 16.9 Å². The molecule has 0 aliphatic carbocycles. The van der Waals surface area contributed by atoms with Crippen molar-refractivity contribution in [2.45, 2.75) is 6.18 Å². The van der Waals surface area contributed by atoms with Crippen molar-refractivity contribution in [1.82, 2.24) is 9.55 Å². The molecular weight excluding hydrogens is 323 g/mol. The third-order valence-electron chi connectivity index (χ3n) is 3.43. The van der Waals surface area contributed by atoms with Crippen molar-refractivity contribution >= 4 is 5.69 Å². The van der Waals surface area contributed by atoms with E-state index in [2.05, 4.69) is 4.98 Å². The molecule has 0 unspecified atom stereocenters. The standard InChI is InChI=1S/C16H10F3N3O2/c17-16(18,19)12-2-1-3-14(8-12)21-9-15(20-10-21)11-4-6-13(7-5-11)22(23)24/h1-10H. The van der Waals surface area contributed by atoms with Gasteiger partial charge in [0.15, 0.2) is 0 Å². The van der Waals surface area contributed by atoms with Gasteiger partial charge in [0.25, 0.3) is 5.69 Å². The predicted molar refractivity (Wildman–Crippen MR) is 80.7 cm³/mol. The van der Waals surface area contributed by atoms with E-state index in [1.54, 1.807) is 6.20 Å². The van der Waals surface area contributed by atoms with Crippen molar-refractivity contribution in [3.05, 3.63) is 76.7 Å². The normalized spacial score (nSPS) is 11.5. The first-order valence-corrected chi connectivity index (χ1v) is 6.81. The number of imidazole rings is 1. The molecule has 0 aliphatic rings. The zero-order valence-corrected chi connectivity index (χ0v) is 12.1. The molecule has 0 amide bonds. The van der Waals surface area contributed by atoms with Gasteiger partial charge in [-0.05, 0) is 30.3 Å². The fourth-order valence-electron chi connectivity index (χ4n) is 2.21. The smallest absolute Gasteiger partial charge is 0.306 e. The zero-order chi connectivity index (χ0) is 17.3. The Hall–Kier alpha value is -3.16. The molecule has 1 aromatic heterocycles. The first-order chi connectivity index (χ1) is 11.3. The van der Waals surface area contributed by atoms with Crippen LogP contribution in [0.5, 0.6) is 0 Å². The number of nitro groups is 1. The van der Waals surface area contributed by atoms with Crippen molar-refractivity contribution in [3.8, 4) is 16.9 Å². The summed E-state index contributed by atoms with van der Waals surface area (Å²) in [6, 6.07) is 10.7. The van der Waals surface area contributed by atoms with E-state index in [-0.39, 0.29) is 5.69 Å². The summed E-state index contributed by atoms with van der Waals surface area (Å²) in [6.07, 6.45) is -1.46. The highest BCUT2D eigenvalue weighted by Gasteiger charge is 2.30. The Balaban J connectivity index is 1.92. The second-order valence-electron chi connectivity index (χ2n) is 5.02. The van der Waals surface area contributed by atoms with Crippen LogP contribution in [-0.2, 0) is 6.18 Å². The van der Waals surface area contributed by atoms with Gasteiger partial charge in [-0.3, -0.25) is 10.1 Å². The lowest BCUT2D eigenvalue weighted by Gasteiger charge is -2.08. The molecule has 122 valence electrons. The molecular formula is C16H10F3N3O2. The van der Waals surface area contributed by atoms with E-state index in [9.17, 15) is 23.3 Å². The van der Waals surface area contributed by atoms with Crippen molar-refractivity contribution in [3.63, 3.8) is 0 Å². The van der Waals surface area contributed by atoms with Gasteiger partial charge in [-0.2, -0.15) is 13.2 Å². The SMILES string of the molecule is O=[N+]([O-])c1ccc(-c2cn(-c3cccc(C(F)(F)F)c3)cn2)cc1. The van der Waals surface area contributed by atoms with Gasteiger partial charge in [0.2, 0.25) is 0 Å². The van der Waals surface area contributed by atoms with E-state index < -0.39 is 16.7 Å². The molecule has 24 heavy (non-hydrogen) atoms. The van der Waals surface area contributed by atoms with Gasteiger partial charge < -0.3 is 4.57 Å². The van der Waals surface area contributed by atoms with Crippen LogP contribution in [0.1, 0.15) is 5.56 Å². The summed E-state index contributed by atoms with van der Waals surface area (Å²) in [5.74, 6) is 0. The number of halogens is 3. The highest BCUT2D eigenvalue weighted by atomic mass is 19.4. The quantitative estimate of drug-likeness (QED) is 0.525. The maximum absolute atomic E-state index is 12.8. The van der Waals surface area contributed by atoms with Crippen LogP contribution in [0.4, 0.5) is 18.9 Å². The van der Waals surface area contributed by atoms with Crippen LogP contribution in [-0.4, -0.2) is 14.5 Å². The summed E-state index contributed by atoms with van der Waals surface area (Å²) in [5.41, 5.74) is 0.667. The molecule has 0 spiro atoms. The summed E-state index contributed by atoms with van der Waals surface area (Å²) < 4.78 is 39.8. The number of aromatic nitrogens is 2. The minimum Gasteiger partial charge on any atom is -0.306 e. The lowest BCUT2D eigenvalue weighted by Crippen LogP contribution is -2.05. The fraction of sp³-hybridized carbons (Fsp3) is 0.0625. The Labute approximate surface area is 134 Å². The molecule has 8 heteroatoms. The van der Waals surface area contributed by atoms with Crippen LogP contribution in [0.2, 0.25) is 0 Å². The molecule has 0 saturated carbocycles. The number of hydrogen-bond acceptors (Lipinski definition) is 3. The number of nitrogens with zero attached hydrogens (tertiary/aromatic N) is 3. The summed E-state index contributed by atoms with van der Waals surface area (Å²) in [6.45, 7) is 0. The highest BCUT2D eigenvalue weighted by molar-refractivity contribution is 5.60. The number of benzene rings is 2. The van der Waals surface area contributed by atoms with Crippen molar-refractivity contribution < 1.29 is 18.1 Å². The van der Waals surface area contributed by atoms with Gasteiger partial charge in [0.05, 0.1) is 22.5 Å². The summed E-state index contributed by atoms with van der Waals surface area (Å²) >= 11 is 0. The van der Waals surface area contributed by atoms with Crippen LogP contribution < -0.4 is 0 Å². The van der Waals surface area contributed by atoms with E-state index in [0.29, 0.717) is 16.9 Å². The second-order valence-corrected chi connectivity index (χ2v) is 5.02. The Bertz CT molecular complexity index is 886. The molecule has 0 atom stereocenters. The monoisotopic (exact) mass is 333 g/mol. The molecule has 0 saturated heterocycles. The maximum Gasteiger partial charge on any atom is 0.416 e. The first kappa shape index (κ1) is 15.7. The minimum absolute atomic E-state index is 0.0453. The van der Waals surface area contributed by atoms with Crippen LogP contribution in [0.3, 0.4) is 0 Å². The lowest BCUT2D eigenvalue weighted by molar-refractivity contribution is -0.384. The van der Waals surface area contributed by atoms with Gasteiger partial charge in [0.1, 0.15) is 0 Å². The third kappa shape index (κ3) is 3.12. The van der Waals surface area contributed by atoms with Gasteiger partial charge in [-0.15, -0.1) is 0 Å². The summed E-state index contributed by atoms with van der Waals surface area (Å²) in [4.78, 5) is 14.3. The Kier molecular flexibility index (Phi) is 3.80. The number of rotatable bonds is 3. The third-order valence-corrected chi connectivity index (χ3v) is 3.43. The van der Waals surface area contributed by atoms with Crippen LogP contribution >= 0.6 is 0 Å². The maximum atomic E-state index is 12.8. The minimum atomic E-state index is -4.42. The molecule has 0 N–H and O–H groups in total. The first-order valence-electron chi connectivity index (χ1n) is 6.81. The molecule has 5 nitrogen and oxygen atoms in total. The average Bonchev–Trinajstić information content (AvgIpc) is 3.04. The number of non-ortho nitro benzene ring substituents is 1. The number of alkyl halides is 3. The van der Waals surface area contributed by atoms with Crippen molar-refractivity contribution in [2.75, 3.05) is 0 Å². The molecule has 0 aliphatic heterocycles. The van der Waals surface area contributed by atoms with Gasteiger partial charge >= 0.3 is 6.18 Å². The second kappa shape index (κ2) is 5.80. The van der Waals surface area contributed by atoms with E-state index >= 15 is 0 Å². The Morgan fingerprint density at radius 1 is 1.08 bits per heavy atom. The molecule has 3 aromatic rings. The molecule has 0 bridgehead atoms. The van der Waals surface area contributed by atoms with E-state index in [1.165, 1.54) is 47.3 Å². The summed E-state index contributed by atoms with van der Waals surface area (Å²) in [7, 11) is 0. The van der Waals surface area contributed by atoms with Gasteiger partial charge in [0, 0.05) is 29.6 Å². The van der Waals surface area contributed by atoms with E-state index in [1.807, 2.05) is 0 Å². The van der Waals surface area contributed by atoms with E-state index in [4.69, 9.17) is 0 Å². The lowest BCUT2D eigenvalue weighted by atomic mass is 10.1. The number of nitro benzene ring substituents is 1. The van der Waals surface area contributed by atoms with Gasteiger partial charge in [-0.1, -0.05) is 6.07 Å². The molecule has 2 aromatic carbocycles. The Morgan fingerprint density at radius 2 is 1.79 bits per heavy atom. The average molecular weight is 333 g/mol. The van der Waals surface area contributed by atoms with Crippen molar-refractivity contribution in [2.24, 2.45) is 0 Å². The van der Waals surface area contributed by atoms with Crippen LogP contribution in [0, 0.1) is 10.1 Å². The Morgan fingerprint density at radius 3 is 2.42 bits per heavy atom. The predicted octanol–water partition coefficient (Wildman–Crippen LogP) is 4.47.